The van der Waals surface area contributed by atoms with Crippen molar-refractivity contribution in [1.29, 1.82) is 0 Å². The largest absolute Gasteiger partial charge is 0.495 e. The summed E-state index contributed by atoms with van der Waals surface area (Å²) in [6, 6.07) is 18.4. The molecule has 2 amide bonds. The number of benzene rings is 3. The van der Waals surface area contributed by atoms with Gasteiger partial charge in [0, 0.05) is 27.7 Å². The number of sulfonamides is 1. The van der Waals surface area contributed by atoms with Crippen LogP contribution in [0, 0.1) is 0 Å². The van der Waals surface area contributed by atoms with Crippen LogP contribution in [0.3, 0.4) is 0 Å². The summed E-state index contributed by atoms with van der Waals surface area (Å²) in [5.41, 5.74) is 0.0533. The summed E-state index contributed by atoms with van der Waals surface area (Å²) in [5.74, 6) is -0.744. The molecule has 0 heterocycles. The van der Waals surface area contributed by atoms with Gasteiger partial charge in [0.1, 0.15) is 18.3 Å². The first-order chi connectivity index (χ1) is 19.3. The van der Waals surface area contributed by atoms with E-state index in [4.69, 9.17) is 27.9 Å². The van der Waals surface area contributed by atoms with E-state index in [1.54, 1.807) is 67.6 Å². The third-order valence-electron chi connectivity index (χ3n) is 6.24. The van der Waals surface area contributed by atoms with Crippen molar-refractivity contribution in [3.63, 3.8) is 0 Å². The molecule has 1 unspecified atom stereocenters. The molecule has 3 aromatic carbocycles. The fourth-order valence-corrected chi connectivity index (χ4v) is 6.26. The first-order valence-electron chi connectivity index (χ1n) is 13.0. The van der Waals surface area contributed by atoms with Crippen LogP contribution in [0.4, 0.5) is 5.69 Å². The number of methoxy groups -OCH3 is 1. The van der Waals surface area contributed by atoms with Gasteiger partial charge < -0.3 is 15.0 Å². The Hall–Kier alpha value is -3.27. The van der Waals surface area contributed by atoms with Gasteiger partial charge in [0.05, 0.1) is 17.7 Å². The van der Waals surface area contributed by atoms with Crippen LogP contribution < -0.4 is 14.4 Å². The van der Waals surface area contributed by atoms with Crippen LogP contribution in [0.15, 0.2) is 77.7 Å². The van der Waals surface area contributed by atoms with Gasteiger partial charge in [0.2, 0.25) is 11.8 Å². The van der Waals surface area contributed by atoms with Gasteiger partial charge in [-0.15, -0.1) is 0 Å². The van der Waals surface area contributed by atoms with Crippen molar-refractivity contribution in [2.75, 3.05) is 18.0 Å². The SMILES string of the molecule is CCC(C(=O)NC(C)(C)C)N(Cc1c(Cl)cccc1Cl)C(=O)CN(c1ccccc1OC)S(=O)(=O)c1ccccc1. The van der Waals surface area contributed by atoms with Crippen molar-refractivity contribution in [3.8, 4) is 5.75 Å². The zero-order valence-electron chi connectivity index (χ0n) is 23.7. The number of nitrogens with one attached hydrogen (secondary N) is 1. The molecule has 0 saturated heterocycles. The molecular formula is C30H35Cl2N3O5S. The fraction of sp³-hybridized carbons (Fsp3) is 0.333. The Labute approximate surface area is 252 Å². The number of anilines is 1. The molecule has 3 aromatic rings. The van der Waals surface area contributed by atoms with Crippen molar-refractivity contribution < 1.29 is 22.7 Å². The molecule has 0 aliphatic rings. The smallest absolute Gasteiger partial charge is 0.264 e. The lowest BCUT2D eigenvalue weighted by atomic mass is 10.1. The quantitative estimate of drug-likeness (QED) is 0.287. The highest BCUT2D eigenvalue weighted by atomic mass is 35.5. The van der Waals surface area contributed by atoms with Crippen molar-refractivity contribution in [2.45, 2.75) is 57.1 Å². The van der Waals surface area contributed by atoms with Crippen molar-refractivity contribution in [2.24, 2.45) is 0 Å². The van der Waals surface area contributed by atoms with Crippen LogP contribution in [0.25, 0.3) is 0 Å². The van der Waals surface area contributed by atoms with E-state index in [0.29, 0.717) is 15.6 Å². The lowest BCUT2D eigenvalue weighted by Gasteiger charge is -2.35. The molecular weight excluding hydrogens is 585 g/mol. The van der Waals surface area contributed by atoms with Crippen LogP contribution in [0.1, 0.15) is 39.7 Å². The Kier molecular flexibility index (Phi) is 10.7. The van der Waals surface area contributed by atoms with Gasteiger partial charge in [-0.2, -0.15) is 0 Å². The normalized spacial score (nSPS) is 12.4. The third-order valence-corrected chi connectivity index (χ3v) is 8.72. The average Bonchev–Trinajstić information content (AvgIpc) is 2.92. The zero-order valence-corrected chi connectivity index (χ0v) is 26.1. The Balaban J connectivity index is 2.14. The molecule has 3 rings (SSSR count). The molecule has 0 spiro atoms. The summed E-state index contributed by atoms with van der Waals surface area (Å²) in [4.78, 5) is 29.0. The Morgan fingerprint density at radius 1 is 0.927 bits per heavy atom. The van der Waals surface area contributed by atoms with E-state index in [2.05, 4.69) is 5.32 Å². The summed E-state index contributed by atoms with van der Waals surface area (Å²) in [5, 5.41) is 3.57. The number of carbonyl (C=O) groups excluding carboxylic acids is 2. The molecule has 0 bridgehead atoms. The summed E-state index contributed by atoms with van der Waals surface area (Å²) in [7, 11) is -2.81. The fourth-order valence-electron chi connectivity index (χ4n) is 4.29. The number of amides is 2. The number of para-hydroxylation sites is 2. The topological polar surface area (TPSA) is 96.0 Å². The number of hydrogen-bond donors (Lipinski definition) is 1. The monoisotopic (exact) mass is 619 g/mol. The van der Waals surface area contributed by atoms with E-state index in [0.717, 1.165) is 4.31 Å². The summed E-state index contributed by atoms with van der Waals surface area (Å²) >= 11 is 12.9. The van der Waals surface area contributed by atoms with Crippen LogP contribution in [0.5, 0.6) is 5.75 Å². The predicted molar refractivity (Wildman–Crippen MR) is 163 cm³/mol. The number of ether oxygens (including phenoxy) is 1. The highest BCUT2D eigenvalue weighted by Gasteiger charge is 2.36. The molecule has 0 fully saturated rings. The van der Waals surface area contributed by atoms with Gasteiger partial charge in [0.15, 0.2) is 0 Å². The minimum Gasteiger partial charge on any atom is -0.495 e. The van der Waals surface area contributed by atoms with Crippen LogP contribution >= 0.6 is 23.2 Å². The molecule has 1 N–H and O–H groups in total. The van der Waals surface area contributed by atoms with Crippen molar-refractivity contribution in [1.82, 2.24) is 10.2 Å². The van der Waals surface area contributed by atoms with E-state index in [1.807, 2.05) is 20.8 Å². The molecule has 8 nitrogen and oxygen atoms in total. The lowest BCUT2D eigenvalue weighted by Crippen LogP contribution is -2.55. The molecule has 0 saturated carbocycles. The number of halogens is 2. The van der Waals surface area contributed by atoms with Crippen LogP contribution in [-0.2, 0) is 26.2 Å². The summed E-state index contributed by atoms with van der Waals surface area (Å²) < 4.78 is 34.4. The molecule has 1 atom stereocenters. The van der Waals surface area contributed by atoms with E-state index < -0.39 is 34.1 Å². The second-order valence-electron chi connectivity index (χ2n) is 10.4. The third kappa shape index (κ3) is 7.93. The first kappa shape index (κ1) is 32.2. The van der Waals surface area contributed by atoms with E-state index in [-0.39, 0.29) is 35.2 Å². The van der Waals surface area contributed by atoms with E-state index in [1.165, 1.54) is 24.1 Å². The second kappa shape index (κ2) is 13.6. The summed E-state index contributed by atoms with van der Waals surface area (Å²) in [6.07, 6.45) is 0.260. The maximum atomic E-state index is 14.2. The molecule has 0 aliphatic carbocycles. The number of nitrogens with zero attached hydrogens (tertiary/aromatic N) is 2. The highest BCUT2D eigenvalue weighted by Crippen LogP contribution is 2.33. The number of rotatable bonds is 11. The van der Waals surface area contributed by atoms with Gasteiger partial charge in [0.25, 0.3) is 10.0 Å². The van der Waals surface area contributed by atoms with Gasteiger partial charge in [-0.1, -0.05) is 66.5 Å². The molecule has 220 valence electrons. The number of carbonyl (C=O) groups is 2. The van der Waals surface area contributed by atoms with Crippen molar-refractivity contribution >= 4 is 50.7 Å². The van der Waals surface area contributed by atoms with Gasteiger partial charge in [-0.3, -0.25) is 13.9 Å². The number of hydrogen-bond acceptors (Lipinski definition) is 5. The van der Waals surface area contributed by atoms with Gasteiger partial charge in [-0.25, -0.2) is 8.42 Å². The molecule has 0 aromatic heterocycles. The highest BCUT2D eigenvalue weighted by molar-refractivity contribution is 7.92. The molecule has 41 heavy (non-hydrogen) atoms. The maximum Gasteiger partial charge on any atom is 0.264 e. The van der Waals surface area contributed by atoms with Crippen molar-refractivity contribution in [3.05, 3.63) is 88.4 Å². The van der Waals surface area contributed by atoms with Gasteiger partial charge in [-0.05, 0) is 63.6 Å². The minimum absolute atomic E-state index is 0.00285. The Morgan fingerprint density at radius 2 is 1.51 bits per heavy atom. The van der Waals surface area contributed by atoms with E-state index >= 15 is 0 Å². The Bertz CT molecular complexity index is 1460. The van der Waals surface area contributed by atoms with Crippen LogP contribution in [0.2, 0.25) is 10.0 Å². The Morgan fingerprint density at radius 3 is 2.07 bits per heavy atom. The zero-order chi connectivity index (χ0) is 30.4. The molecule has 0 radical (unpaired) electrons. The average molecular weight is 621 g/mol. The lowest BCUT2D eigenvalue weighted by molar-refractivity contribution is -0.141. The van der Waals surface area contributed by atoms with E-state index in [9.17, 15) is 18.0 Å². The van der Waals surface area contributed by atoms with Gasteiger partial charge >= 0.3 is 0 Å². The molecule has 0 aliphatic heterocycles. The standard InChI is InChI=1S/C30H35Cl2N3O5S/c1-6-25(29(37)33-30(2,3)4)34(19-22-23(31)15-12-16-24(22)32)28(36)20-35(26-17-10-11-18-27(26)40-5)41(38,39)21-13-8-7-9-14-21/h7-18,25H,6,19-20H2,1-5H3,(H,33,37). The first-order valence-corrected chi connectivity index (χ1v) is 15.2. The minimum atomic E-state index is -4.23. The van der Waals surface area contributed by atoms with Crippen LogP contribution in [-0.4, -0.2) is 50.4 Å². The summed E-state index contributed by atoms with van der Waals surface area (Å²) in [6.45, 7) is 6.57. The molecule has 11 heteroatoms. The maximum absolute atomic E-state index is 14.2. The predicted octanol–water partition coefficient (Wildman–Crippen LogP) is 5.92. The second-order valence-corrected chi connectivity index (χ2v) is 13.1.